The van der Waals surface area contributed by atoms with E-state index in [9.17, 15) is 0 Å². The van der Waals surface area contributed by atoms with Gasteiger partial charge in [-0.05, 0) is 24.8 Å². The summed E-state index contributed by atoms with van der Waals surface area (Å²) in [5.74, 6) is 0. The lowest BCUT2D eigenvalue weighted by molar-refractivity contribution is 1.28. The molecule has 0 unspecified atom stereocenters. The first kappa shape index (κ1) is 14.2. The number of hydrogen-bond donors (Lipinski definition) is 1. The van der Waals surface area contributed by atoms with E-state index in [1.54, 1.807) is 0 Å². The SMILES string of the molecule is CSC(=Nc1ccccc1-c1cccc(C)c1)NC#N. The highest BCUT2D eigenvalue weighted by atomic mass is 32.2. The summed E-state index contributed by atoms with van der Waals surface area (Å²) in [6.45, 7) is 2.07. The van der Waals surface area contributed by atoms with Crippen LogP contribution in [-0.2, 0) is 0 Å². The molecule has 0 aliphatic rings. The number of benzene rings is 2. The van der Waals surface area contributed by atoms with E-state index in [1.807, 2.05) is 42.8 Å². The van der Waals surface area contributed by atoms with Gasteiger partial charge in [0.2, 0.25) is 0 Å². The molecule has 0 aromatic heterocycles. The van der Waals surface area contributed by atoms with Crippen LogP contribution in [0.25, 0.3) is 11.1 Å². The second-order valence-electron chi connectivity index (χ2n) is 4.24. The zero-order valence-electron chi connectivity index (χ0n) is 11.4. The summed E-state index contributed by atoms with van der Waals surface area (Å²) in [4.78, 5) is 4.52. The maximum atomic E-state index is 8.71. The third-order valence-corrected chi connectivity index (χ3v) is 3.39. The maximum Gasteiger partial charge on any atom is 0.183 e. The Balaban J connectivity index is 2.49. The number of nitriles is 1. The number of aryl methyl sites for hydroxylation is 1. The van der Waals surface area contributed by atoms with Gasteiger partial charge in [-0.1, -0.05) is 59.8 Å². The van der Waals surface area contributed by atoms with Crippen molar-refractivity contribution in [3.63, 3.8) is 0 Å². The zero-order valence-corrected chi connectivity index (χ0v) is 12.2. The van der Waals surface area contributed by atoms with Crippen LogP contribution in [0.2, 0.25) is 0 Å². The van der Waals surface area contributed by atoms with Gasteiger partial charge >= 0.3 is 0 Å². The third kappa shape index (κ3) is 3.40. The Morgan fingerprint density at radius 3 is 2.70 bits per heavy atom. The fourth-order valence-electron chi connectivity index (χ4n) is 1.91. The first-order chi connectivity index (χ1) is 9.74. The molecule has 0 amide bonds. The van der Waals surface area contributed by atoms with Crippen LogP contribution in [0.15, 0.2) is 53.5 Å². The minimum Gasteiger partial charge on any atom is -0.271 e. The second kappa shape index (κ2) is 6.78. The minimum absolute atomic E-state index is 0.590. The molecule has 20 heavy (non-hydrogen) atoms. The van der Waals surface area contributed by atoms with E-state index in [2.05, 4.69) is 35.4 Å². The largest absolute Gasteiger partial charge is 0.271 e. The van der Waals surface area contributed by atoms with Crippen molar-refractivity contribution >= 4 is 22.6 Å². The summed E-state index contributed by atoms with van der Waals surface area (Å²) in [6.07, 6.45) is 3.79. The predicted molar refractivity (Wildman–Crippen MR) is 86.0 cm³/mol. The summed E-state index contributed by atoms with van der Waals surface area (Å²) in [7, 11) is 0. The quantitative estimate of drug-likeness (QED) is 0.390. The van der Waals surface area contributed by atoms with Gasteiger partial charge in [0.1, 0.15) is 0 Å². The monoisotopic (exact) mass is 281 g/mol. The Labute approximate surface area is 123 Å². The van der Waals surface area contributed by atoms with Gasteiger partial charge < -0.3 is 0 Å². The second-order valence-corrected chi connectivity index (χ2v) is 5.04. The molecule has 100 valence electrons. The highest BCUT2D eigenvalue weighted by molar-refractivity contribution is 8.13. The molecule has 0 aliphatic heterocycles. The first-order valence-corrected chi connectivity index (χ1v) is 7.41. The van der Waals surface area contributed by atoms with E-state index >= 15 is 0 Å². The van der Waals surface area contributed by atoms with Crippen molar-refractivity contribution in [1.29, 1.82) is 5.26 Å². The van der Waals surface area contributed by atoms with Crippen LogP contribution in [-0.4, -0.2) is 11.4 Å². The van der Waals surface area contributed by atoms with Crippen molar-refractivity contribution in [3.05, 3.63) is 54.1 Å². The zero-order chi connectivity index (χ0) is 14.4. The maximum absolute atomic E-state index is 8.71. The highest BCUT2D eigenvalue weighted by Gasteiger charge is 2.05. The van der Waals surface area contributed by atoms with Gasteiger partial charge in [0.05, 0.1) is 5.69 Å². The number of nitrogens with one attached hydrogen (secondary N) is 1. The number of amidine groups is 1. The number of hydrogen-bond acceptors (Lipinski definition) is 3. The Morgan fingerprint density at radius 2 is 2.00 bits per heavy atom. The average molecular weight is 281 g/mol. The molecule has 0 spiro atoms. The number of nitrogens with zero attached hydrogens (tertiary/aromatic N) is 2. The summed E-state index contributed by atoms with van der Waals surface area (Å²) < 4.78 is 0. The first-order valence-electron chi connectivity index (χ1n) is 6.18. The Bertz CT molecular complexity index is 671. The van der Waals surface area contributed by atoms with Crippen molar-refractivity contribution < 1.29 is 0 Å². The molecule has 0 saturated heterocycles. The van der Waals surface area contributed by atoms with Gasteiger partial charge in [0.15, 0.2) is 11.4 Å². The summed E-state index contributed by atoms with van der Waals surface area (Å²) >= 11 is 1.41. The molecule has 0 atom stereocenters. The van der Waals surface area contributed by atoms with E-state index in [4.69, 9.17) is 5.26 Å². The van der Waals surface area contributed by atoms with Crippen molar-refractivity contribution in [2.75, 3.05) is 6.26 Å². The lowest BCUT2D eigenvalue weighted by atomic mass is 10.0. The van der Waals surface area contributed by atoms with Crippen LogP contribution in [0.5, 0.6) is 0 Å². The highest BCUT2D eigenvalue weighted by Crippen LogP contribution is 2.31. The summed E-state index contributed by atoms with van der Waals surface area (Å²) in [5, 5.41) is 11.9. The number of thioether (sulfide) groups is 1. The molecule has 1 N–H and O–H groups in total. The van der Waals surface area contributed by atoms with Crippen molar-refractivity contribution in [1.82, 2.24) is 5.32 Å². The fourth-order valence-corrected chi connectivity index (χ4v) is 2.25. The number of rotatable bonds is 2. The van der Waals surface area contributed by atoms with Crippen LogP contribution in [0.4, 0.5) is 5.69 Å². The molecule has 0 bridgehead atoms. The molecule has 0 fully saturated rings. The molecule has 0 heterocycles. The molecule has 2 aromatic carbocycles. The van der Waals surface area contributed by atoms with Crippen LogP contribution >= 0.6 is 11.8 Å². The molecule has 2 rings (SSSR count). The van der Waals surface area contributed by atoms with E-state index in [-0.39, 0.29) is 0 Å². The minimum atomic E-state index is 0.590. The van der Waals surface area contributed by atoms with Crippen molar-refractivity contribution in [2.45, 2.75) is 6.92 Å². The molecular formula is C16H15N3S. The van der Waals surface area contributed by atoms with Gasteiger partial charge in [-0.15, -0.1) is 0 Å². The van der Waals surface area contributed by atoms with Gasteiger partial charge in [0, 0.05) is 5.56 Å². The Hall–Kier alpha value is -2.25. The molecule has 3 nitrogen and oxygen atoms in total. The molecule has 0 radical (unpaired) electrons. The van der Waals surface area contributed by atoms with E-state index in [0.717, 1.165) is 16.8 Å². The molecule has 2 aromatic rings. The van der Waals surface area contributed by atoms with Gasteiger partial charge in [0.25, 0.3) is 0 Å². The third-order valence-electron chi connectivity index (χ3n) is 2.81. The topological polar surface area (TPSA) is 48.2 Å². The predicted octanol–water partition coefficient (Wildman–Crippen LogP) is 4.08. The summed E-state index contributed by atoms with van der Waals surface area (Å²) in [5.41, 5.74) is 4.25. The van der Waals surface area contributed by atoms with E-state index in [1.165, 1.54) is 17.3 Å². The molecule has 4 heteroatoms. The lowest BCUT2D eigenvalue weighted by Gasteiger charge is -2.08. The number of aliphatic imine (C=N–C) groups is 1. The average Bonchev–Trinajstić information content (AvgIpc) is 2.47. The number of para-hydroxylation sites is 1. The standard InChI is InChI=1S/C16H15N3S/c1-12-6-5-7-13(10-12)14-8-3-4-9-15(14)19-16(20-2)18-11-17/h3-10H,1-2H3,(H,18,19). The van der Waals surface area contributed by atoms with E-state index in [0.29, 0.717) is 5.17 Å². The smallest absolute Gasteiger partial charge is 0.183 e. The lowest BCUT2D eigenvalue weighted by Crippen LogP contribution is -2.12. The van der Waals surface area contributed by atoms with Crippen LogP contribution in [0.3, 0.4) is 0 Å². The fraction of sp³-hybridized carbons (Fsp3) is 0.125. The van der Waals surface area contributed by atoms with Crippen molar-refractivity contribution in [2.24, 2.45) is 4.99 Å². The Morgan fingerprint density at radius 1 is 1.20 bits per heavy atom. The van der Waals surface area contributed by atoms with Crippen LogP contribution < -0.4 is 5.32 Å². The Kier molecular flexibility index (Phi) is 4.80. The summed E-state index contributed by atoms with van der Waals surface area (Å²) in [6, 6.07) is 16.2. The van der Waals surface area contributed by atoms with Crippen LogP contribution in [0.1, 0.15) is 5.56 Å². The van der Waals surface area contributed by atoms with Gasteiger partial charge in [-0.25, -0.2) is 4.99 Å². The molecule has 0 aliphatic carbocycles. The molecular weight excluding hydrogens is 266 g/mol. The van der Waals surface area contributed by atoms with Gasteiger partial charge in [-0.2, -0.15) is 5.26 Å². The van der Waals surface area contributed by atoms with Crippen molar-refractivity contribution in [3.8, 4) is 17.3 Å². The van der Waals surface area contributed by atoms with E-state index < -0.39 is 0 Å². The van der Waals surface area contributed by atoms with Gasteiger partial charge in [-0.3, -0.25) is 5.32 Å². The normalized spacial score (nSPS) is 10.9. The molecule has 0 saturated carbocycles. The van der Waals surface area contributed by atoms with Crippen LogP contribution in [0, 0.1) is 18.4 Å².